The summed E-state index contributed by atoms with van der Waals surface area (Å²) in [7, 11) is 0. The molecule has 2 heterocycles. The summed E-state index contributed by atoms with van der Waals surface area (Å²) in [6.07, 6.45) is 0. The van der Waals surface area contributed by atoms with Crippen molar-refractivity contribution in [2.45, 2.75) is 6.92 Å². The molecule has 3 aromatic rings. The van der Waals surface area contributed by atoms with Gasteiger partial charge in [0, 0.05) is 10.9 Å². The van der Waals surface area contributed by atoms with Gasteiger partial charge < -0.3 is 5.32 Å². The number of amides is 1. The predicted molar refractivity (Wildman–Crippen MR) is 81.6 cm³/mol. The number of carbonyl (C=O) groups is 1. The summed E-state index contributed by atoms with van der Waals surface area (Å²) in [6, 6.07) is 8.05. The van der Waals surface area contributed by atoms with Crippen molar-refractivity contribution >= 4 is 52.6 Å². The van der Waals surface area contributed by atoms with Crippen molar-refractivity contribution in [2.24, 2.45) is 0 Å². The monoisotopic (exact) mass is 310 g/mol. The van der Waals surface area contributed by atoms with Gasteiger partial charge in [-0.05, 0) is 17.4 Å². The molecule has 0 aliphatic heterocycles. The number of hydrogen-bond acceptors (Lipinski definition) is 6. The maximum atomic E-state index is 11.7. The molecule has 21 heavy (non-hydrogen) atoms. The van der Waals surface area contributed by atoms with Crippen molar-refractivity contribution in [3.05, 3.63) is 41.0 Å². The van der Waals surface area contributed by atoms with E-state index >= 15 is 0 Å². The van der Waals surface area contributed by atoms with Gasteiger partial charge in [-0.1, -0.05) is 29.8 Å². The first-order valence-corrected chi connectivity index (χ1v) is 6.68. The summed E-state index contributed by atoms with van der Waals surface area (Å²) in [5.74, 6) is 0.109. The van der Waals surface area contributed by atoms with Crippen LogP contribution in [-0.2, 0) is 0 Å². The quantitative estimate of drug-likeness (QED) is 0.709. The molecule has 3 rings (SSSR count). The van der Waals surface area contributed by atoms with Crippen LogP contribution in [-0.4, -0.2) is 61.1 Å². The van der Waals surface area contributed by atoms with Gasteiger partial charge in [0.2, 0.25) is 5.82 Å². The van der Waals surface area contributed by atoms with Crippen LogP contribution in [0, 0.1) is 6.92 Å². The zero-order valence-electron chi connectivity index (χ0n) is 10.5. The second kappa shape index (κ2) is 6.90. The first-order chi connectivity index (χ1) is 9.72. The average Bonchev–Trinajstić information content (AvgIpc) is 3.10. The van der Waals surface area contributed by atoms with Gasteiger partial charge in [0.05, 0.1) is 0 Å². The molecule has 0 fully saturated rings. The molecule has 0 atom stereocenters. The van der Waals surface area contributed by atoms with Crippen molar-refractivity contribution in [1.29, 1.82) is 0 Å². The molecular formula is C12H11N6NaOS. The van der Waals surface area contributed by atoms with Crippen LogP contribution in [0.1, 0.15) is 16.2 Å². The van der Waals surface area contributed by atoms with Crippen molar-refractivity contribution in [1.82, 2.24) is 25.6 Å². The fourth-order valence-corrected chi connectivity index (χ4v) is 2.35. The number of aromatic nitrogens is 5. The van der Waals surface area contributed by atoms with Gasteiger partial charge in [0.1, 0.15) is 10.8 Å². The minimum absolute atomic E-state index is 0. The Bertz CT molecular complexity index is 725. The molecule has 9 heteroatoms. The van der Waals surface area contributed by atoms with Crippen LogP contribution in [0.2, 0.25) is 0 Å². The normalized spacial score (nSPS) is 9.95. The van der Waals surface area contributed by atoms with E-state index in [-0.39, 0.29) is 35.4 Å². The molecule has 0 saturated heterocycles. The summed E-state index contributed by atoms with van der Waals surface area (Å²) in [5.41, 5.74) is 2.21. The molecule has 0 spiro atoms. The minimum atomic E-state index is -0.421. The number of hydrogen-bond donors (Lipinski definition) is 2. The van der Waals surface area contributed by atoms with Crippen LogP contribution in [0.5, 0.6) is 0 Å². The standard InChI is InChI=1S/C12H10N6OS.Na.H/c1-7-2-4-8(5-3-7)12-14-9(6-20-12)13-11(19)10-15-17-18-16-10;;/h2-6H,1H3,(H,13,19)(H,15,16,17,18);;. The van der Waals surface area contributed by atoms with E-state index in [1.54, 1.807) is 5.38 Å². The van der Waals surface area contributed by atoms with Crippen molar-refractivity contribution < 1.29 is 4.79 Å². The Morgan fingerprint density at radius 1 is 1.29 bits per heavy atom. The molecule has 1 aromatic carbocycles. The van der Waals surface area contributed by atoms with Crippen LogP contribution < -0.4 is 5.32 Å². The first-order valence-electron chi connectivity index (χ1n) is 5.80. The van der Waals surface area contributed by atoms with E-state index in [1.165, 1.54) is 16.9 Å². The Morgan fingerprint density at radius 3 is 2.71 bits per heavy atom. The van der Waals surface area contributed by atoms with Crippen LogP contribution in [0.25, 0.3) is 10.6 Å². The number of tetrazole rings is 1. The Hall–Kier alpha value is -1.61. The van der Waals surface area contributed by atoms with Gasteiger partial charge in [0.15, 0.2) is 0 Å². The van der Waals surface area contributed by atoms with Gasteiger partial charge >= 0.3 is 29.6 Å². The van der Waals surface area contributed by atoms with Crippen molar-refractivity contribution in [3.63, 3.8) is 0 Å². The van der Waals surface area contributed by atoms with Crippen molar-refractivity contribution in [2.75, 3.05) is 5.32 Å². The van der Waals surface area contributed by atoms with Crippen molar-refractivity contribution in [3.8, 4) is 10.6 Å². The second-order valence-corrected chi connectivity index (χ2v) is 4.97. The Kier molecular flexibility index (Phi) is 5.18. The molecule has 0 bridgehead atoms. The zero-order valence-corrected chi connectivity index (χ0v) is 11.3. The molecule has 102 valence electrons. The molecule has 1 amide bonds. The zero-order chi connectivity index (χ0) is 13.9. The predicted octanol–water partition coefficient (Wildman–Crippen LogP) is 1.24. The summed E-state index contributed by atoms with van der Waals surface area (Å²) < 4.78 is 0. The van der Waals surface area contributed by atoms with E-state index in [1.807, 2.05) is 31.2 Å². The van der Waals surface area contributed by atoms with Gasteiger partial charge in [-0.3, -0.25) is 4.79 Å². The van der Waals surface area contributed by atoms with Gasteiger partial charge in [-0.15, -0.1) is 16.4 Å². The number of thiazole rings is 1. The fraction of sp³-hybridized carbons (Fsp3) is 0.0833. The Morgan fingerprint density at radius 2 is 2.05 bits per heavy atom. The molecule has 0 unspecified atom stereocenters. The molecular weight excluding hydrogens is 299 g/mol. The van der Waals surface area contributed by atoms with Gasteiger partial charge in [-0.2, -0.15) is 0 Å². The maximum absolute atomic E-state index is 11.7. The van der Waals surface area contributed by atoms with E-state index in [0.29, 0.717) is 5.82 Å². The number of rotatable bonds is 3. The van der Waals surface area contributed by atoms with E-state index < -0.39 is 5.91 Å². The molecule has 0 saturated carbocycles. The summed E-state index contributed by atoms with van der Waals surface area (Å²) in [4.78, 5) is 16.1. The van der Waals surface area contributed by atoms with Gasteiger partial charge in [-0.25, -0.2) is 10.1 Å². The molecule has 0 aliphatic carbocycles. The molecule has 2 aromatic heterocycles. The number of aromatic amines is 1. The SMILES string of the molecule is Cc1ccc(-c2nc(NC(=O)c3nnn[nH]3)cs2)cc1.[NaH]. The third-order valence-corrected chi connectivity index (χ3v) is 3.50. The number of nitrogens with zero attached hydrogens (tertiary/aromatic N) is 4. The topological polar surface area (TPSA) is 96.5 Å². The average molecular weight is 310 g/mol. The molecule has 7 nitrogen and oxygen atoms in total. The summed E-state index contributed by atoms with van der Waals surface area (Å²) in [6.45, 7) is 2.03. The van der Waals surface area contributed by atoms with E-state index in [0.717, 1.165) is 10.6 Å². The Labute approximate surface area is 146 Å². The van der Waals surface area contributed by atoms with Gasteiger partial charge in [0.25, 0.3) is 5.91 Å². The van der Waals surface area contributed by atoms with Crippen LogP contribution >= 0.6 is 11.3 Å². The molecule has 2 N–H and O–H groups in total. The first kappa shape index (κ1) is 15.8. The Balaban J connectivity index is 0.00000161. The number of benzene rings is 1. The summed E-state index contributed by atoms with van der Waals surface area (Å²) >= 11 is 1.46. The summed E-state index contributed by atoms with van der Waals surface area (Å²) in [5, 5.41) is 17.9. The van der Waals surface area contributed by atoms with E-state index in [4.69, 9.17) is 0 Å². The number of carbonyl (C=O) groups excluding carboxylic acids is 1. The molecule has 0 aliphatic rings. The van der Waals surface area contributed by atoms with Crippen LogP contribution in [0.4, 0.5) is 5.82 Å². The number of aryl methyl sites for hydroxylation is 1. The van der Waals surface area contributed by atoms with Crippen LogP contribution in [0.15, 0.2) is 29.6 Å². The number of nitrogens with one attached hydrogen (secondary N) is 2. The molecule has 0 radical (unpaired) electrons. The van der Waals surface area contributed by atoms with Crippen LogP contribution in [0.3, 0.4) is 0 Å². The fourth-order valence-electron chi connectivity index (χ4n) is 1.59. The van der Waals surface area contributed by atoms with E-state index in [2.05, 4.69) is 30.9 Å². The second-order valence-electron chi connectivity index (χ2n) is 4.11. The third kappa shape index (κ3) is 3.73. The number of H-pyrrole nitrogens is 1. The third-order valence-electron chi connectivity index (χ3n) is 2.60. The van der Waals surface area contributed by atoms with E-state index in [9.17, 15) is 4.79 Å². The number of anilines is 1.